The van der Waals surface area contributed by atoms with Crippen LogP contribution in [0.15, 0.2) is 4.60 Å². The molecule has 17 heavy (non-hydrogen) atoms. The first-order valence-corrected chi connectivity index (χ1v) is 7.18. The van der Waals surface area contributed by atoms with Gasteiger partial charge in [0.15, 0.2) is 0 Å². The number of nitrogens with one attached hydrogen (secondary N) is 1. The minimum Gasteiger partial charge on any atom is -0.393 e. The molecule has 1 fully saturated rings. The zero-order chi connectivity index (χ0) is 11.8. The Balaban J connectivity index is 1.92. The minimum atomic E-state index is -0.198. The standard InChI is InChI=1S/C12H18BrN3O/c13-11-10-7-9(17)3-6-16(10)12(15-11)8-1-4-14-5-2-8/h8-9,14,17H,1-7H2. The fourth-order valence-corrected chi connectivity index (χ4v) is 3.47. The molecule has 0 bridgehead atoms. The third-order valence-corrected chi connectivity index (χ3v) is 4.51. The Labute approximate surface area is 110 Å². The highest BCUT2D eigenvalue weighted by molar-refractivity contribution is 9.10. The van der Waals surface area contributed by atoms with Gasteiger partial charge in [-0.3, -0.25) is 0 Å². The van der Waals surface area contributed by atoms with Crippen LogP contribution in [-0.4, -0.2) is 33.9 Å². The SMILES string of the molecule is OC1CCn2c(C3CCNCC3)nc(Br)c2C1. The van der Waals surface area contributed by atoms with Crippen LogP contribution >= 0.6 is 15.9 Å². The number of imidazole rings is 1. The Morgan fingerprint density at radius 3 is 2.82 bits per heavy atom. The summed E-state index contributed by atoms with van der Waals surface area (Å²) in [5.74, 6) is 1.80. The van der Waals surface area contributed by atoms with Crippen LogP contribution in [0.4, 0.5) is 0 Å². The van der Waals surface area contributed by atoms with Gasteiger partial charge in [0.25, 0.3) is 0 Å². The summed E-state index contributed by atoms with van der Waals surface area (Å²) in [6.07, 6.45) is 3.74. The molecule has 0 aliphatic carbocycles. The lowest BCUT2D eigenvalue weighted by atomic mass is 9.96. The predicted octanol–water partition coefficient (Wildman–Crippen LogP) is 1.42. The summed E-state index contributed by atoms with van der Waals surface area (Å²) in [7, 11) is 0. The lowest BCUT2D eigenvalue weighted by molar-refractivity contribution is 0.142. The van der Waals surface area contributed by atoms with E-state index in [0.29, 0.717) is 5.92 Å². The van der Waals surface area contributed by atoms with Crippen molar-refractivity contribution in [2.24, 2.45) is 0 Å². The molecule has 2 aliphatic heterocycles. The maximum atomic E-state index is 9.73. The molecule has 1 aromatic heterocycles. The van der Waals surface area contributed by atoms with Gasteiger partial charge in [0.05, 0.1) is 11.8 Å². The number of aromatic nitrogens is 2. The van der Waals surface area contributed by atoms with Crippen molar-refractivity contribution in [1.29, 1.82) is 0 Å². The Morgan fingerprint density at radius 1 is 1.29 bits per heavy atom. The number of hydrogen-bond donors (Lipinski definition) is 2. The van der Waals surface area contributed by atoms with Gasteiger partial charge in [-0.05, 0) is 48.3 Å². The van der Waals surface area contributed by atoms with Crippen LogP contribution in [0.2, 0.25) is 0 Å². The van der Waals surface area contributed by atoms with Gasteiger partial charge in [0, 0.05) is 18.9 Å². The van der Waals surface area contributed by atoms with E-state index in [1.807, 2.05) is 0 Å². The molecule has 1 atom stereocenters. The Morgan fingerprint density at radius 2 is 2.06 bits per heavy atom. The van der Waals surface area contributed by atoms with Crippen molar-refractivity contribution in [2.75, 3.05) is 13.1 Å². The van der Waals surface area contributed by atoms with Crippen LogP contribution in [0.3, 0.4) is 0 Å². The summed E-state index contributed by atoms with van der Waals surface area (Å²) in [5, 5.41) is 13.1. The molecule has 1 aromatic rings. The lowest BCUT2D eigenvalue weighted by Crippen LogP contribution is -2.30. The highest BCUT2D eigenvalue weighted by Gasteiger charge is 2.27. The molecule has 3 heterocycles. The second-order valence-corrected chi connectivity index (χ2v) is 5.78. The molecule has 0 spiro atoms. The summed E-state index contributed by atoms with van der Waals surface area (Å²) in [6, 6.07) is 0. The van der Waals surface area contributed by atoms with Crippen LogP contribution in [-0.2, 0) is 13.0 Å². The summed E-state index contributed by atoms with van der Waals surface area (Å²) >= 11 is 3.54. The van der Waals surface area contributed by atoms with E-state index in [-0.39, 0.29) is 6.10 Å². The van der Waals surface area contributed by atoms with E-state index < -0.39 is 0 Å². The molecule has 5 heteroatoms. The van der Waals surface area contributed by atoms with Gasteiger partial charge in [-0.25, -0.2) is 4.98 Å². The van der Waals surface area contributed by atoms with Gasteiger partial charge in [-0.1, -0.05) is 0 Å². The van der Waals surface area contributed by atoms with Crippen molar-refractivity contribution in [2.45, 2.75) is 44.2 Å². The van der Waals surface area contributed by atoms with Gasteiger partial charge in [0.2, 0.25) is 0 Å². The number of rotatable bonds is 1. The molecule has 2 N–H and O–H groups in total. The quantitative estimate of drug-likeness (QED) is 0.825. The Kier molecular flexibility index (Phi) is 3.23. The van der Waals surface area contributed by atoms with Crippen LogP contribution in [0, 0.1) is 0 Å². The van der Waals surface area contributed by atoms with Gasteiger partial charge in [0.1, 0.15) is 10.4 Å². The summed E-state index contributed by atoms with van der Waals surface area (Å²) in [4.78, 5) is 4.69. The molecule has 94 valence electrons. The van der Waals surface area contributed by atoms with E-state index in [1.165, 1.54) is 24.4 Å². The van der Waals surface area contributed by atoms with Crippen molar-refractivity contribution in [1.82, 2.24) is 14.9 Å². The minimum absolute atomic E-state index is 0.198. The highest BCUT2D eigenvalue weighted by atomic mass is 79.9. The van der Waals surface area contributed by atoms with Crippen molar-refractivity contribution in [3.63, 3.8) is 0 Å². The number of piperidine rings is 1. The second-order valence-electron chi connectivity index (χ2n) is 5.03. The fourth-order valence-electron chi connectivity index (χ4n) is 2.91. The van der Waals surface area contributed by atoms with E-state index in [2.05, 4.69) is 25.8 Å². The molecule has 1 unspecified atom stereocenters. The molecule has 3 rings (SSSR count). The zero-order valence-corrected chi connectivity index (χ0v) is 11.4. The number of nitrogens with zero attached hydrogens (tertiary/aromatic N) is 2. The average molecular weight is 300 g/mol. The molecule has 4 nitrogen and oxygen atoms in total. The molecule has 1 saturated heterocycles. The number of halogens is 1. The lowest BCUT2D eigenvalue weighted by Gasteiger charge is -2.26. The maximum Gasteiger partial charge on any atom is 0.127 e. The van der Waals surface area contributed by atoms with E-state index in [9.17, 15) is 5.11 Å². The van der Waals surface area contributed by atoms with Crippen molar-refractivity contribution < 1.29 is 5.11 Å². The highest BCUT2D eigenvalue weighted by Crippen LogP contribution is 2.32. The van der Waals surface area contributed by atoms with Crippen LogP contribution in [0.1, 0.15) is 36.7 Å². The molecular weight excluding hydrogens is 282 g/mol. The Bertz CT molecular complexity index is 412. The first kappa shape index (κ1) is 11.7. The fraction of sp³-hybridized carbons (Fsp3) is 0.750. The molecule has 0 saturated carbocycles. The largest absolute Gasteiger partial charge is 0.393 e. The van der Waals surface area contributed by atoms with E-state index in [4.69, 9.17) is 4.98 Å². The van der Waals surface area contributed by atoms with Crippen LogP contribution in [0.5, 0.6) is 0 Å². The number of fused-ring (bicyclic) bond motifs is 1. The summed E-state index contributed by atoms with van der Waals surface area (Å²) < 4.78 is 3.26. The second kappa shape index (κ2) is 4.71. The summed E-state index contributed by atoms with van der Waals surface area (Å²) in [6.45, 7) is 3.09. The third kappa shape index (κ3) is 2.16. The zero-order valence-electron chi connectivity index (χ0n) is 9.82. The van der Waals surface area contributed by atoms with E-state index in [1.54, 1.807) is 0 Å². The molecule has 0 radical (unpaired) electrons. The van der Waals surface area contributed by atoms with Gasteiger partial charge in [-0.2, -0.15) is 0 Å². The van der Waals surface area contributed by atoms with Gasteiger partial charge in [-0.15, -0.1) is 0 Å². The molecular formula is C12H18BrN3O. The normalized spacial score (nSPS) is 25.9. The van der Waals surface area contributed by atoms with Crippen molar-refractivity contribution in [3.8, 4) is 0 Å². The third-order valence-electron chi connectivity index (χ3n) is 3.87. The van der Waals surface area contributed by atoms with Crippen LogP contribution in [0.25, 0.3) is 0 Å². The van der Waals surface area contributed by atoms with E-state index in [0.717, 1.165) is 37.1 Å². The first-order valence-electron chi connectivity index (χ1n) is 6.39. The molecule has 2 aliphatic rings. The number of aliphatic hydroxyl groups is 1. The van der Waals surface area contributed by atoms with Gasteiger partial charge < -0.3 is 15.0 Å². The first-order chi connectivity index (χ1) is 8.25. The van der Waals surface area contributed by atoms with E-state index >= 15 is 0 Å². The maximum absolute atomic E-state index is 9.73. The Hall–Kier alpha value is -0.390. The molecule has 0 aromatic carbocycles. The van der Waals surface area contributed by atoms with Crippen LogP contribution < -0.4 is 5.32 Å². The van der Waals surface area contributed by atoms with Crippen molar-refractivity contribution in [3.05, 3.63) is 16.1 Å². The topological polar surface area (TPSA) is 50.1 Å². The smallest absolute Gasteiger partial charge is 0.127 e. The average Bonchev–Trinajstić information content (AvgIpc) is 2.68. The predicted molar refractivity (Wildman–Crippen MR) is 69.1 cm³/mol. The monoisotopic (exact) mass is 299 g/mol. The summed E-state index contributed by atoms with van der Waals surface area (Å²) in [5.41, 5.74) is 1.18. The number of aliphatic hydroxyl groups excluding tert-OH is 1. The number of hydrogen-bond acceptors (Lipinski definition) is 3. The van der Waals surface area contributed by atoms with Gasteiger partial charge >= 0.3 is 0 Å². The molecule has 0 amide bonds. The van der Waals surface area contributed by atoms with Crippen molar-refractivity contribution >= 4 is 15.9 Å².